The number of rotatable bonds is 6. The minimum atomic E-state index is 0.137. The summed E-state index contributed by atoms with van der Waals surface area (Å²) in [5.41, 5.74) is 0. The molecule has 4 heteroatoms. The van der Waals surface area contributed by atoms with Gasteiger partial charge in [0, 0.05) is 0 Å². The van der Waals surface area contributed by atoms with Gasteiger partial charge in [0.05, 0.1) is 8.57 Å². The van der Waals surface area contributed by atoms with Gasteiger partial charge in [-0.05, 0) is 12.8 Å². The van der Waals surface area contributed by atoms with E-state index in [1.54, 1.807) is 0 Å². The molecule has 0 aliphatic rings. The quantitative estimate of drug-likeness (QED) is 0.483. The highest BCUT2D eigenvalue weighted by atomic mass is 79.9. The molecule has 0 N–H and O–H groups in total. The lowest BCUT2D eigenvalue weighted by atomic mass is 10.2. The summed E-state index contributed by atoms with van der Waals surface area (Å²) in [7, 11) is 0. The van der Waals surface area contributed by atoms with Gasteiger partial charge in [-0.1, -0.05) is 51.1 Å². The third-order valence-corrected chi connectivity index (χ3v) is 2.70. The van der Waals surface area contributed by atoms with Crippen LogP contribution in [0.3, 0.4) is 0 Å². The van der Waals surface area contributed by atoms with E-state index < -0.39 is 0 Å². The molecule has 0 saturated carbocycles. The molecule has 0 aliphatic heterocycles. The van der Waals surface area contributed by atoms with E-state index in [4.69, 9.17) is 23.2 Å². The summed E-state index contributed by atoms with van der Waals surface area (Å²) < 4.78 is 0.275. The number of unbranched alkanes of at least 4 members (excludes halogenated alkanes) is 2. The van der Waals surface area contributed by atoms with Gasteiger partial charge in [0.1, 0.15) is 0 Å². The molecule has 11 heavy (non-hydrogen) atoms. The maximum atomic E-state index is 5.70. The smallest absolute Gasteiger partial charge is 0.0886 e. The van der Waals surface area contributed by atoms with E-state index in [1.165, 1.54) is 19.3 Å². The maximum Gasteiger partial charge on any atom is 0.0886 e. The first-order chi connectivity index (χ1) is 5.13. The summed E-state index contributed by atoms with van der Waals surface area (Å²) in [5, 5.41) is 0. The predicted molar refractivity (Wildman–Crippen MR) is 60.2 cm³/mol. The van der Waals surface area contributed by atoms with Gasteiger partial charge in [0.15, 0.2) is 0 Å². The highest BCUT2D eigenvalue weighted by molar-refractivity contribution is 9.10. The molecule has 0 amide bonds. The fraction of sp³-hybridized carbons (Fsp3) is 1.00. The third kappa shape index (κ3) is 11.5. The van der Waals surface area contributed by atoms with Crippen molar-refractivity contribution in [3.8, 4) is 0 Å². The average molecular weight is 327 g/mol. The van der Waals surface area contributed by atoms with Crippen molar-refractivity contribution in [2.24, 2.45) is 0 Å². The van der Waals surface area contributed by atoms with Crippen LogP contribution in [0, 0.1) is 0 Å². The Morgan fingerprint density at radius 3 is 1.45 bits per heavy atom. The Kier molecular flexibility index (Phi) is 9.29. The maximum absolute atomic E-state index is 5.70. The Bertz CT molecular complexity index is 76.5. The number of alkyl halides is 4. The average Bonchev–Trinajstić information content (AvgIpc) is 1.85. The van der Waals surface area contributed by atoms with Gasteiger partial charge in [-0.15, -0.1) is 23.2 Å². The van der Waals surface area contributed by atoms with Crippen molar-refractivity contribution in [1.29, 1.82) is 0 Å². The molecule has 0 aromatic rings. The summed E-state index contributed by atoms with van der Waals surface area (Å²) in [6.45, 7) is 0. The molecule has 0 nitrogen and oxygen atoms in total. The molecule has 2 atom stereocenters. The van der Waals surface area contributed by atoms with Crippen molar-refractivity contribution in [3.63, 3.8) is 0 Å². The zero-order valence-electron chi connectivity index (χ0n) is 6.20. The fourth-order valence-corrected chi connectivity index (χ4v) is 1.73. The highest BCUT2D eigenvalue weighted by Crippen LogP contribution is 2.18. The Morgan fingerprint density at radius 1 is 0.818 bits per heavy atom. The third-order valence-electron chi connectivity index (χ3n) is 1.34. The van der Waals surface area contributed by atoms with E-state index in [0.717, 1.165) is 12.8 Å². The largest absolute Gasteiger partial charge is 0.110 e. The molecule has 0 bridgehead atoms. The van der Waals surface area contributed by atoms with Crippen molar-refractivity contribution < 1.29 is 0 Å². The van der Waals surface area contributed by atoms with Crippen LogP contribution in [0.25, 0.3) is 0 Å². The zero-order valence-corrected chi connectivity index (χ0v) is 10.9. The second kappa shape index (κ2) is 8.15. The van der Waals surface area contributed by atoms with Crippen LogP contribution in [0.4, 0.5) is 0 Å². The van der Waals surface area contributed by atoms with Crippen LogP contribution < -0.4 is 0 Å². The first-order valence-electron chi connectivity index (χ1n) is 3.69. The molecule has 0 saturated heterocycles. The van der Waals surface area contributed by atoms with Crippen LogP contribution in [0.15, 0.2) is 0 Å². The molecular formula is C7H12Br2Cl2. The van der Waals surface area contributed by atoms with E-state index >= 15 is 0 Å². The van der Waals surface area contributed by atoms with Crippen LogP contribution in [0.1, 0.15) is 32.1 Å². The van der Waals surface area contributed by atoms with Crippen LogP contribution in [-0.2, 0) is 0 Å². The second-order valence-corrected chi connectivity index (χ2v) is 6.74. The Balaban J connectivity index is 2.91. The molecule has 0 rings (SSSR count). The lowest BCUT2D eigenvalue weighted by Crippen LogP contribution is -1.89. The fourth-order valence-electron chi connectivity index (χ4n) is 0.774. The summed E-state index contributed by atoms with van der Waals surface area (Å²) in [4.78, 5) is 0. The van der Waals surface area contributed by atoms with Crippen LogP contribution in [-0.4, -0.2) is 8.57 Å². The van der Waals surface area contributed by atoms with Crippen molar-refractivity contribution in [3.05, 3.63) is 0 Å². The van der Waals surface area contributed by atoms with Crippen LogP contribution >= 0.6 is 55.1 Å². The summed E-state index contributed by atoms with van der Waals surface area (Å²) in [6, 6.07) is 0. The number of halogens is 4. The van der Waals surface area contributed by atoms with Gasteiger partial charge in [-0.3, -0.25) is 0 Å². The SMILES string of the molecule is ClC(Br)CCCCCC(Cl)Br. The molecule has 0 fully saturated rings. The van der Waals surface area contributed by atoms with Crippen molar-refractivity contribution in [1.82, 2.24) is 0 Å². The van der Waals surface area contributed by atoms with E-state index in [2.05, 4.69) is 31.9 Å². The standard InChI is InChI=1S/C7H12Br2Cl2/c8-6(10)4-2-1-3-5-7(9)11/h6-7H,1-5H2. The molecule has 0 aromatic carbocycles. The van der Waals surface area contributed by atoms with Gasteiger partial charge in [-0.2, -0.15) is 0 Å². The lowest BCUT2D eigenvalue weighted by Gasteiger charge is -2.02. The van der Waals surface area contributed by atoms with Crippen molar-refractivity contribution in [2.75, 3.05) is 0 Å². The predicted octanol–water partition coefficient (Wildman–Crippen LogP) is 4.86. The van der Waals surface area contributed by atoms with Gasteiger partial charge >= 0.3 is 0 Å². The number of hydrogen-bond donors (Lipinski definition) is 0. The number of hydrogen-bond acceptors (Lipinski definition) is 0. The summed E-state index contributed by atoms with van der Waals surface area (Å²) in [6.07, 6.45) is 5.64. The zero-order chi connectivity index (χ0) is 8.69. The molecular weight excluding hydrogens is 315 g/mol. The van der Waals surface area contributed by atoms with Crippen molar-refractivity contribution in [2.45, 2.75) is 40.7 Å². The van der Waals surface area contributed by atoms with E-state index in [-0.39, 0.29) is 8.57 Å². The van der Waals surface area contributed by atoms with Gasteiger partial charge in [-0.25, -0.2) is 0 Å². The summed E-state index contributed by atoms with van der Waals surface area (Å²) in [5.74, 6) is 0. The summed E-state index contributed by atoms with van der Waals surface area (Å²) >= 11 is 18.0. The molecule has 0 spiro atoms. The minimum Gasteiger partial charge on any atom is -0.110 e. The highest BCUT2D eigenvalue weighted by Gasteiger charge is 1.99. The molecule has 0 aliphatic carbocycles. The molecule has 68 valence electrons. The minimum absolute atomic E-state index is 0.137. The molecule has 2 unspecified atom stereocenters. The van der Waals surface area contributed by atoms with E-state index in [0.29, 0.717) is 0 Å². The van der Waals surface area contributed by atoms with Gasteiger partial charge in [0.2, 0.25) is 0 Å². The van der Waals surface area contributed by atoms with Gasteiger partial charge < -0.3 is 0 Å². The van der Waals surface area contributed by atoms with E-state index in [1.807, 2.05) is 0 Å². The first-order valence-corrected chi connectivity index (χ1v) is 6.39. The Labute approximate surface area is 95.3 Å². The normalized spacial score (nSPS) is 16.4. The molecule has 0 heterocycles. The second-order valence-electron chi connectivity index (χ2n) is 2.42. The topological polar surface area (TPSA) is 0 Å². The van der Waals surface area contributed by atoms with Crippen molar-refractivity contribution >= 4 is 55.1 Å². The van der Waals surface area contributed by atoms with Gasteiger partial charge in [0.25, 0.3) is 0 Å². The van der Waals surface area contributed by atoms with E-state index in [9.17, 15) is 0 Å². The first kappa shape index (κ1) is 12.5. The Morgan fingerprint density at radius 2 is 1.18 bits per heavy atom. The molecule has 0 aromatic heterocycles. The van der Waals surface area contributed by atoms with Crippen LogP contribution in [0.5, 0.6) is 0 Å². The lowest BCUT2D eigenvalue weighted by molar-refractivity contribution is 0.650. The Hall–Kier alpha value is 1.54. The van der Waals surface area contributed by atoms with Crippen LogP contribution in [0.2, 0.25) is 0 Å². The monoisotopic (exact) mass is 324 g/mol. The molecule has 0 radical (unpaired) electrons.